The molecule has 2 aromatic rings. The van der Waals surface area contributed by atoms with E-state index < -0.39 is 6.09 Å². The van der Waals surface area contributed by atoms with E-state index in [2.05, 4.69) is 10.5 Å². The minimum atomic E-state index is -0.705. The number of anilines is 1. The second kappa shape index (κ2) is 7.31. The third kappa shape index (κ3) is 4.50. The molecule has 0 aromatic heterocycles. The predicted octanol–water partition coefficient (Wildman–Crippen LogP) is 3.93. The van der Waals surface area contributed by atoms with Crippen molar-refractivity contribution in [2.24, 2.45) is 5.16 Å². The average molecular weight is 305 g/mol. The Morgan fingerprint density at radius 1 is 1.24 bits per heavy atom. The van der Waals surface area contributed by atoms with Gasteiger partial charge >= 0.3 is 6.09 Å². The van der Waals surface area contributed by atoms with Gasteiger partial charge < -0.3 is 4.74 Å². The van der Waals surface area contributed by atoms with Gasteiger partial charge in [0.05, 0.1) is 13.3 Å². The minimum Gasteiger partial charge on any atom is -0.496 e. The molecule has 108 valence electrons. The number of nitrogens with zero attached hydrogens (tertiary/aromatic N) is 1. The van der Waals surface area contributed by atoms with Crippen molar-refractivity contribution < 1.29 is 14.4 Å². The Balaban J connectivity index is 1.93. The zero-order valence-electron chi connectivity index (χ0n) is 11.2. The lowest BCUT2D eigenvalue weighted by atomic mass is 10.2. The molecule has 0 fully saturated rings. The molecule has 0 radical (unpaired) electrons. The van der Waals surface area contributed by atoms with Gasteiger partial charge in [-0.25, -0.2) is 4.79 Å². The maximum atomic E-state index is 11.5. The van der Waals surface area contributed by atoms with Crippen molar-refractivity contribution >= 4 is 29.6 Å². The normalized spacial score (nSPS) is 10.4. The van der Waals surface area contributed by atoms with Crippen molar-refractivity contribution in [2.75, 3.05) is 12.4 Å². The number of methoxy groups -OCH3 is 1. The number of nitrogens with one attached hydrogen (secondary N) is 1. The molecule has 0 aliphatic carbocycles. The number of rotatable bonds is 4. The Morgan fingerprint density at radius 3 is 2.81 bits per heavy atom. The fraction of sp³-hybridized carbons (Fsp3) is 0.0667. The first kappa shape index (κ1) is 14.9. The lowest BCUT2D eigenvalue weighted by Gasteiger charge is -2.04. The quantitative estimate of drug-likeness (QED) is 0.529. The maximum absolute atomic E-state index is 11.5. The molecule has 0 aliphatic rings. The number of carbonyl (C=O) groups excluding carboxylic acids is 1. The number of oxime groups is 1. The van der Waals surface area contributed by atoms with Gasteiger partial charge in [-0.15, -0.1) is 0 Å². The van der Waals surface area contributed by atoms with E-state index in [-0.39, 0.29) is 0 Å². The molecule has 0 unspecified atom stereocenters. The van der Waals surface area contributed by atoms with Crippen molar-refractivity contribution in [1.29, 1.82) is 0 Å². The van der Waals surface area contributed by atoms with Crippen molar-refractivity contribution in [2.45, 2.75) is 0 Å². The molecule has 2 aromatic carbocycles. The summed E-state index contributed by atoms with van der Waals surface area (Å²) in [6, 6.07) is 14.0. The van der Waals surface area contributed by atoms with Gasteiger partial charge in [0.2, 0.25) is 0 Å². The second-order valence-corrected chi connectivity index (χ2v) is 4.43. The van der Waals surface area contributed by atoms with Crippen molar-refractivity contribution in [3.63, 3.8) is 0 Å². The van der Waals surface area contributed by atoms with Crippen LogP contribution in [0.25, 0.3) is 0 Å². The number of benzene rings is 2. The van der Waals surface area contributed by atoms with Gasteiger partial charge in [-0.3, -0.25) is 10.2 Å². The van der Waals surface area contributed by atoms with E-state index in [9.17, 15) is 4.79 Å². The molecule has 0 atom stereocenters. The van der Waals surface area contributed by atoms with E-state index in [1.807, 2.05) is 12.1 Å². The van der Waals surface area contributed by atoms with Gasteiger partial charge in [0.1, 0.15) is 5.75 Å². The molecule has 0 bridgehead atoms. The van der Waals surface area contributed by atoms with E-state index in [1.54, 1.807) is 43.5 Å². The molecule has 0 spiro atoms. The maximum Gasteiger partial charge on any atom is 0.437 e. The smallest absolute Gasteiger partial charge is 0.437 e. The van der Waals surface area contributed by atoms with Crippen LogP contribution in [-0.4, -0.2) is 19.4 Å². The number of ether oxygens (including phenoxy) is 1. The van der Waals surface area contributed by atoms with E-state index in [0.717, 1.165) is 0 Å². The summed E-state index contributed by atoms with van der Waals surface area (Å²) in [5, 5.41) is 6.64. The third-order valence-electron chi connectivity index (χ3n) is 2.54. The first-order valence-electron chi connectivity index (χ1n) is 6.09. The van der Waals surface area contributed by atoms with Gasteiger partial charge in [0.15, 0.2) is 0 Å². The van der Waals surface area contributed by atoms with E-state index in [1.165, 1.54) is 6.21 Å². The molecule has 2 rings (SSSR count). The Labute approximate surface area is 127 Å². The number of para-hydroxylation sites is 1. The Morgan fingerprint density at radius 2 is 2.05 bits per heavy atom. The topological polar surface area (TPSA) is 59.9 Å². The lowest BCUT2D eigenvalue weighted by Crippen LogP contribution is -2.10. The van der Waals surface area contributed by atoms with Crippen molar-refractivity contribution in [1.82, 2.24) is 0 Å². The summed E-state index contributed by atoms with van der Waals surface area (Å²) in [6.07, 6.45) is 0.694. The summed E-state index contributed by atoms with van der Waals surface area (Å²) in [4.78, 5) is 16.3. The highest BCUT2D eigenvalue weighted by Gasteiger charge is 2.03. The van der Waals surface area contributed by atoms with E-state index in [4.69, 9.17) is 21.2 Å². The van der Waals surface area contributed by atoms with Gasteiger partial charge in [0.25, 0.3) is 0 Å². The molecular weight excluding hydrogens is 292 g/mol. The first-order chi connectivity index (χ1) is 10.2. The highest BCUT2D eigenvalue weighted by molar-refractivity contribution is 6.30. The summed E-state index contributed by atoms with van der Waals surface area (Å²) >= 11 is 5.81. The molecule has 5 nitrogen and oxygen atoms in total. The standard InChI is InChI=1S/C15H13ClN2O3/c1-20-14-8-3-2-5-11(14)10-17-21-15(19)18-13-7-4-6-12(16)9-13/h2-10H,1H3,(H,18,19). The molecule has 6 heteroatoms. The molecule has 0 saturated heterocycles. The van der Waals surface area contributed by atoms with Crippen molar-refractivity contribution in [3.05, 3.63) is 59.1 Å². The number of hydrogen-bond donors (Lipinski definition) is 1. The van der Waals surface area contributed by atoms with E-state index in [0.29, 0.717) is 22.0 Å². The van der Waals surface area contributed by atoms with Crippen LogP contribution >= 0.6 is 11.6 Å². The Bertz CT molecular complexity index is 659. The highest BCUT2D eigenvalue weighted by atomic mass is 35.5. The first-order valence-corrected chi connectivity index (χ1v) is 6.47. The number of hydrogen-bond acceptors (Lipinski definition) is 4. The zero-order chi connectivity index (χ0) is 15.1. The van der Waals surface area contributed by atoms with Crippen LogP contribution in [0.2, 0.25) is 5.02 Å². The van der Waals surface area contributed by atoms with Crippen LogP contribution < -0.4 is 10.1 Å². The van der Waals surface area contributed by atoms with Gasteiger partial charge in [0, 0.05) is 16.3 Å². The molecular formula is C15H13ClN2O3. The monoisotopic (exact) mass is 304 g/mol. The van der Waals surface area contributed by atoms with Crippen LogP contribution in [0.4, 0.5) is 10.5 Å². The summed E-state index contributed by atoms with van der Waals surface area (Å²) in [5.74, 6) is 0.639. The van der Waals surface area contributed by atoms with Crippen LogP contribution in [0.3, 0.4) is 0 Å². The van der Waals surface area contributed by atoms with Crippen molar-refractivity contribution in [3.8, 4) is 5.75 Å². The summed E-state index contributed by atoms with van der Waals surface area (Å²) < 4.78 is 5.15. The highest BCUT2D eigenvalue weighted by Crippen LogP contribution is 2.16. The van der Waals surface area contributed by atoms with Crippen LogP contribution in [0.1, 0.15) is 5.56 Å². The second-order valence-electron chi connectivity index (χ2n) is 3.99. The third-order valence-corrected chi connectivity index (χ3v) is 2.77. The lowest BCUT2D eigenvalue weighted by molar-refractivity contribution is 0.167. The molecule has 1 amide bonds. The summed E-state index contributed by atoms with van der Waals surface area (Å²) in [7, 11) is 1.55. The van der Waals surface area contributed by atoms with Gasteiger partial charge in [-0.2, -0.15) is 0 Å². The largest absolute Gasteiger partial charge is 0.496 e. The summed E-state index contributed by atoms with van der Waals surface area (Å²) in [5.41, 5.74) is 1.23. The predicted molar refractivity (Wildman–Crippen MR) is 82.1 cm³/mol. The zero-order valence-corrected chi connectivity index (χ0v) is 12.0. The minimum absolute atomic E-state index is 0.519. The van der Waals surface area contributed by atoms with Gasteiger partial charge in [-0.05, 0) is 30.3 Å². The van der Waals surface area contributed by atoms with Crippen LogP contribution in [-0.2, 0) is 4.84 Å². The van der Waals surface area contributed by atoms with E-state index >= 15 is 0 Å². The van der Waals surface area contributed by atoms with Crippen LogP contribution in [0, 0.1) is 0 Å². The molecule has 0 heterocycles. The fourth-order valence-corrected chi connectivity index (χ4v) is 1.80. The molecule has 21 heavy (non-hydrogen) atoms. The number of carbonyl (C=O) groups is 1. The van der Waals surface area contributed by atoms with Crippen LogP contribution in [0.5, 0.6) is 5.75 Å². The van der Waals surface area contributed by atoms with Crippen LogP contribution in [0.15, 0.2) is 53.7 Å². The molecule has 0 saturated carbocycles. The number of amides is 1. The SMILES string of the molecule is COc1ccccc1C=NOC(=O)Nc1cccc(Cl)c1. The molecule has 1 N–H and O–H groups in total. The molecule has 0 aliphatic heterocycles. The summed E-state index contributed by atoms with van der Waals surface area (Å²) in [6.45, 7) is 0. The van der Waals surface area contributed by atoms with Gasteiger partial charge in [-0.1, -0.05) is 35.0 Å². The fourth-order valence-electron chi connectivity index (χ4n) is 1.61. The Kier molecular flexibility index (Phi) is 5.17. The number of halogens is 1. The Hall–Kier alpha value is -2.53. The average Bonchev–Trinajstić information content (AvgIpc) is 2.47.